The van der Waals surface area contributed by atoms with Crippen LogP contribution in [0.4, 0.5) is 0 Å². The number of hydrogen-bond acceptors (Lipinski definition) is 7. The molecule has 0 amide bonds. The monoisotopic (exact) mass is 570 g/mol. The zero-order chi connectivity index (χ0) is 27.3. The van der Waals surface area contributed by atoms with E-state index in [0.29, 0.717) is 49.1 Å². The minimum Gasteiger partial charge on any atom is -0.481 e. The first kappa shape index (κ1) is 27.2. The number of carboxylic acids is 1. The van der Waals surface area contributed by atoms with Crippen LogP contribution in [0, 0.1) is 0 Å². The van der Waals surface area contributed by atoms with Crippen molar-refractivity contribution in [1.82, 2.24) is 0 Å². The second kappa shape index (κ2) is 9.45. The Kier molecular flexibility index (Phi) is 6.94. The molecule has 0 aromatic heterocycles. The van der Waals surface area contributed by atoms with Crippen LogP contribution in [0.2, 0.25) is 0 Å². The lowest BCUT2D eigenvalue weighted by atomic mass is 9.90. The molecule has 0 saturated heterocycles. The SMILES string of the molecule is O=C(O)CCCCCCc1cc(S(=O)(=O)O)c2ccc3c(S(=O)(=O)O)cc(S(=O)(=O)O)c4ccc1c2c43. The maximum Gasteiger partial charge on any atom is 0.303 e. The Balaban J connectivity index is 2.04. The maximum absolute atomic E-state index is 12.3. The van der Waals surface area contributed by atoms with Gasteiger partial charge in [-0.15, -0.1) is 0 Å². The molecule has 4 aromatic carbocycles. The summed E-state index contributed by atoms with van der Waals surface area (Å²) in [5.74, 6) is -0.905. The van der Waals surface area contributed by atoms with Crippen LogP contribution in [-0.4, -0.2) is 50.0 Å². The summed E-state index contributed by atoms with van der Waals surface area (Å²) in [6, 6.07) is 7.24. The number of rotatable bonds is 10. The molecular weight excluding hydrogens is 548 g/mol. The van der Waals surface area contributed by atoms with Gasteiger partial charge in [0.1, 0.15) is 14.7 Å². The van der Waals surface area contributed by atoms with Crippen molar-refractivity contribution < 1.29 is 48.8 Å². The highest BCUT2D eigenvalue weighted by Gasteiger charge is 2.27. The van der Waals surface area contributed by atoms with Crippen LogP contribution in [0.1, 0.15) is 37.7 Å². The van der Waals surface area contributed by atoms with E-state index in [1.54, 1.807) is 0 Å². The molecule has 0 aliphatic heterocycles. The molecule has 0 unspecified atom stereocenters. The van der Waals surface area contributed by atoms with Gasteiger partial charge in [-0.25, -0.2) is 0 Å². The van der Waals surface area contributed by atoms with Crippen molar-refractivity contribution in [2.75, 3.05) is 0 Å². The Morgan fingerprint density at radius 1 is 0.595 bits per heavy atom. The van der Waals surface area contributed by atoms with E-state index in [1.807, 2.05) is 0 Å². The average Bonchev–Trinajstić information content (AvgIpc) is 2.77. The van der Waals surface area contributed by atoms with Crippen LogP contribution < -0.4 is 0 Å². The smallest absolute Gasteiger partial charge is 0.303 e. The van der Waals surface area contributed by atoms with Gasteiger partial charge < -0.3 is 5.11 Å². The standard InChI is InChI=1S/C23H22O11S3/c24-21(25)6-4-2-1-3-5-13-11-18(35(26,27)28)15-9-10-17-20(37(32,33)34)12-19(36(29,30)31)16-8-7-14(13)22(15)23(16)17/h7-12H,1-6H2,(H,24,25)(H,26,27,28)(H,29,30,31)(H,32,33,34). The lowest BCUT2D eigenvalue weighted by Gasteiger charge is -2.18. The number of benzene rings is 4. The Morgan fingerprint density at radius 2 is 1.00 bits per heavy atom. The molecule has 0 aliphatic rings. The van der Waals surface area contributed by atoms with Gasteiger partial charge in [-0.1, -0.05) is 37.1 Å². The molecule has 0 fully saturated rings. The predicted octanol–water partition coefficient (Wildman–Crippen LogP) is 3.90. The highest BCUT2D eigenvalue weighted by molar-refractivity contribution is 7.87. The molecule has 0 radical (unpaired) electrons. The second-order valence-electron chi connectivity index (χ2n) is 8.71. The molecule has 4 aromatic rings. The number of carboxylic acid groups (broad SMARTS) is 1. The minimum atomic E-state index is -4.97. The second-order valence-corrected chi connectivity index (χ2v) is 12.9. The van der Waals surface area contributed by atoms with E-state index in [1.165, 1.54) is 30.3 Å². The van der Waals surface area contributed by atoms with Crippen LogP contribution >= 0.6 is 0 Å². The normalized spacial score (nSPS) is 13.2. The lowest BCUT2D eigenvalue weighted by Crippen LogP contribution is -2.07. The van der Waals surface area contributed by atoms with Crippen molar-refractivity contribution in [3.05, 3.63) is 42.0 Å². The van der Waals surface area contributed by atoms with Crippen LogP contribution in [-0.2, 0) is 41.6 Å². The molecule has 37 heavy (non-hydrogen) atoms. The molecule has 14 heteroatoms. The molecule has 0 heterocycles. The Bertz CT molecular complexity index is 1820. The third kappa shape index (κ3) is 5.26. The largest absolute Gasteiger partial charge is 0.481 e. The van der Waals surface area contributed by atoms with Gasteiger partial charge in [0, 0.05) is 28.0 Å². The highest BCUT2D eigenvalue weighted by Crippen LogP contribution is 2.43. The third-order valence-corrected chi connectivity index (χ3v) is 8.97. The fourth-order valence-electron chi connectivity index (χ4n) is 4.76. The van der Waals surface area contributed by atoms with E-state index in [4.69, 9.17) is 5.11 Å². The molecule has 0 bridgehead atoms. The number of carbonyl (C=O) groups is 1. The molecule has 0 aliphatic carbocycles. The lowest BCUT2D eigenvalue weighted by molar-refractivity contribution is -0.137. The first-order valence-corrected chi connectivity index (χ1v) is 15.3. The van der Waals surface area contributed by atoms with Crippen LogP contribution in [0.5, 0.6) is 0 Å². The van der Waals surface area contributed by atoms with Crippen molar-refractivity contribution in [1.29, 1.82) is 0 Å². The molecule has 0 atom stereocenters. The van der Waals surface area contributed by atoms with E-state index in [0.717, 1.165) is 0 Å². The van der Waals surface area contributed by atoms with E-state index in [-0.39, 0.29) is 33.4 Å². The number of aliphatic carboxylic acids is 1. The Labute approximate surface area is 212 Å². The first-order chi connectivity index (χ1) is 17.1. The molecule has 4 rings (SSSR count). The summed E-state index contributed by atoms with van der Waals surface area (Å²) in [7, 11) is -14.7. The van der Waals surface area contributed by atoms with Crippen molar-refractivity contribution in [3.63, 3.8) is 0 Å². The van der Waals surface area contributed by atoms with Gasteiger partial charge in [-0.05, 0) is 47.7 Å². The number of hydrogen-bond donors (Lipinski definition) is 4. The molecule has 0 saturated carbocycles. The van der Waals surface area contributed by atoms with Crippen molar-refractivity contribution >= 4 is 68.6 Å². The van der Waals surface area contributed by atoms with Gasteiger partial charge in [0.15, 0.2) is 0 Å². The fourth-order valence-corrected chi connectivity index (χ4v) is 7.00. The quantitative estimate of drug-likeness (QED) is 0.122. The average molecular weight is 571 g/mol. The highest BCUT2D eigenvalue weighted by atomic mass is 32.2. The molecular formula is C23H22O11S3. The van der Waals surface area contributed by atoms with Gasteiger partial charge in [0.2, 0.25) is 0 Å². The predicted molar refractivity (Wildman–Crippen MR) is 134 cm³/mol. The van der Waals surface area contributed by atoms with Crippen LogP contribution in [0.15, 0.2) is 51.1 Å². The van der Waals surface area contributed by atoms with Gasteiger partial charge in [0.25, 0.3) is 30.4 Å². The molecule has 198 valence electrons. The molecule has 0 spiro atoms. The van der Waals surface area contributed by atoms with Gasteiger partial charge in [0.05, 0.1) is 0 Å². The van der Waals surface area contributed by atoms with E-state index < -0.39 is 51.0 Å². The summed E-state index contributed by atoms with van der Waals surface area (Å²) >= 11 is 0. The topological polar surface area (TPSA) is 200 Å². The Morgan fingerprint density at radius 3 is 1.46 bits per heavy atom. The van der Waals surface area contributed by atoms with Gasteiger partial charge >= 0.3 is 5.97 Å². The molecule has 11 nitrogen and oxygen atoms in total. The van der Waals surface area contributed by atoms with Crippen molar-refractivity contribution in [3.8, 4) is 0 Å². The summed E-state index contributed by atoms with van der Waals surface area (Å²) < 4.78 is 103. The fraction of sp³-hybridized carbons (Fsp3) is 0.261. The van der Waals surface area contributed by atoms with Crippen molar-refractivity contribution in [2.24, 2.45) is 0 Å². The minimum absolute atomic E-state index is 0.00502. The first-order valence-electron chi connectivity index (χ1n) is 11.0. The molecule has 4 N–H and O–H groups in total. The summed E-state index contributed by atoms with van der Waals surface area (Å²) in [6.45, 7) is 0. The number of unbranched alkanes of at least 4 members (excludes halogenated alkanes) is 3. The zero-order valence-electron chi connectivity index (χ0n) is 19.1. The summed E-state index contributed by atoms with van der Waals surface area (Å²) in [4.78, 5) is 8.63. The van der Waals surface area contributed by atoms with Crippen LogP contribution in [0.25, 0.3) is 32.3 Å². The van der Waals surface area contributed by atoms with E-state index in [2.05, 4.69) is 0 Å². The van der Waals surface area contributed by atoms with Gasteiger partial charge in [-0.2, -0.15) is 25.3 Å². The zero-order valence-corrected chi connectivity index (χ0v) is 21.5. The summed E-state index contributed by atoms with van der Waals surface area (Å²) in [6.07, 6.45) is 2.62. The number of aryl methyl sites for hydroxylation is 1. The van der Waals surface area contributed by atoms with E-state index in [9.17, 15) is 43.7 Å². The van der Waals surface area contributed by atoms with Crippen LogP contribution in [0.3, 0.4) is 0 Å². The van der Waals surface area contributed by atoms with Crippen molar-refractivity contribution in [2.45, 2.75) is 53.2 Å². The summed E-state index contributed by atoms with van der Waals surface area (Å²) in [5, 5.41) is 9.13. The maximum atomic E-state index is 12.3. The Hall–Kier alpha value is -2.88. The van der Waals surface area contributed by atoms with E-state index >= 15 is 0 Å². The third-order valence-electron chi connectivity index (χ3n) is 6.29. The summed E-state index contributed by atoms with van der Waals surface area (Å²) in [5.41, 5.74) is 0.471. The van der Waals surface area contributed by atoms with Gasteiger partial charge in [-0.3, -0.25) is 18.5 Å².